The van der Waals surface area contributed by atoms with Gasteiger partial charge in [-0.1, -0.05) is 6.08 Å². The summed E-state index contributed by atoms with van der Waals surface area (Å²) in [6.45, 7) is 4.05. The summed E-state index contributed by atoms with van der Waals surface area (Å²) in [6, 6.07) is 0. The van der Waals surface area contributed by atoms with Crippen LogP contribution in [-0.4, -0.2) is 23.3 Å². The van der Waals surface area contributed by atoms with E-state index in [4.69, 9.17) is 9.84 Å². The standard InChI is InChI=1S/C10H16O3/c1-7-5-9(3-4-10(11)12)6-8(2)13-7/h3-4,7-9H,5-6H2,1-2H3,(H,11,12)/b4-3+/t7-,8?,9?/m0/s1. The zero-order chi connectivity index (χ0) is 9.84. The van der Waals surface area contributed by atoms with Crippen molar-refractivity contribution in [1.82, 2.24) is 0 Å². The van der Waals surface area contributed by atoms with Gasteiger partial charge in [-0.15, -0.1) is 0 Å². The maximum absolute atomic E-state index is 10.3. The van der Waals surface area contributed by atoms with Crippen LogP contribution in [0.2, 0.25) is 0 Å². The van der Waals surface area contributed by atoms with E-state index in [9.17, 15) is 4.79 Å². The van der Waals surface area contributed by atoms with Gasteiger partial charge in [-0.25, -0.2) is 4.79 Å². The molecule has 0 aromatic heterocycles. The summed E-state index contributed by atoms with van der Waals surface area (Å²) in [5.41, 5.74) is 0. The van der Waals surface area contributed by atoms with Gasteiger partial charge in [0.2, 0.25) is 0 Å². The zero-order valence-corrected chi connectivity index (χ0v) is 8.06. The fraction of sp³-hybridized carbons (Fsp3) is 0.700. The van der Waals surface area contributed by atoms with Crippen LogP contribution in [0.25, 0.3) is 0 Å². The molecule has 1 fully saturated rings. The normalized spacial score (nSPS) is 35.1. The van der Waals surface area contributed by atoms with Gasteiger partial charge in [0.05, 0.1) is 12.2 Å². The zero-order valence-electron chi connectivity index (χ0n) is 8.06. The number of aliphatic carboxylic acids is 1. The summed E-state index contributed by atoms with van der Waals surface area (Å²) >= 11 is 0. The second kappa shape index (κ2) is 4.42. The van der Waals surface area contributed by atoms with E-state index in [0.717, 1.165) is 12.8 Å². The molecule has 1 saturated heterocycles. The van der Waals surface area contributed by atoms with Gasteiger partial charge in [0, 0.05) is 6.08 Å². The highest BCUT2D eigenvalue weighted by Gasteiger charge is 2.22. The topological polar surface area (TPSA) is 46.5 Å². The fourth-order valence-corrected chi connectivity index (χ4v) is 1.83. The molecule has 1 rings (SSSR count). The number of carboxylic acid groups (broad SMARTS) is 1. The van der Waals surface area contributed by atoms with Crippen LogP contribution < -0.4 is 0 Å². The Hall–Kier alpha value is -0.830. The lowest BCUT2D eigenvalue weighted by atomic mass is 9.92. The summed E-state index contributed by atoms with van der Waals surface area (Å²) in [7, 11) is 0. The Morgan fingerprint density at radius 1 is 1.38 bits per heavy atom. The molecule has 0 radical (unpaired) electrons. The third-order valence-corrected chi connectivity index (χ3v) is 2.24. The van der Waals surface area contributed by atoms with Gasteiger partial charge in [0.25, 0.3) is 0 Å². The number of carboxylic acids is 1. The Morgan fingerprint density at radius 3 is 2.38 bits per heavy atom. The molecule has 1 aliphatic heterocycles. The van der Waals surface area contributed by atoms with Crippen molar-refractivity contribution in [3.8, 4) is 0 Å². The summed E-state index contributed by atoms with van der Waals surface area (Å²) in [5.74, 6) is -0.512. The number of hydrogen-bond acceptors (Lipinski definition) is 2. The van der Waals surface area contributed by atoms with Crippen molar-refractivity contribution >= 4 is 5.97 Å². The van der Waals surface area contributed by atoms with Gasteiger partial charge in [-0.3, -0.25) is 0 Å². The van der Waals surface area contributed by atoms with E-state index in [1.807, 2.05) is 13.8 Å². The highest BCUT2D eigenvalue weighted by molar-refractivity contribution is 5.79. The molecule has 0 spiro atoms. The Labute approximate surface area is 78.4 Å². The Balaban J connectivity index is 2.46. The summed E-state index contributed by atoms with van der Waals surface area (Å²) in [4.78, 5) is 10.3. The minimum atomic E-state index is -0.869. The van der Waals surface area contributed by atoms with E-state index in [2.05, 4.69) is 0 Å². The summed E-state index contributed by atoms with van der Waals surface area (Å²) < 4.78 is 5.54. The van der Waals surface area contributed by atoms with Crippen LogP contribution >= 0.6 is 0 Å². The number of allylic oxidation sites excluding steroid dienone is 1. The molecule has 1 N–H and O–H groups in total. The van der Waals surface area contributed by atoms with Crippen molar-refractivity contribution in [3.05, 3.63) is 12.2 Å². The average Bonchev–Trinajstić information content (AvgIpc) is 1.99. The molecule has 1 heterocycles. The second-order valence-electron chi connectivity index (χ2n) is 3.69. The van der Waals surface area contributed by atoms with E-state index in [-0.39, 0.29) is 12.2 Å². The number of hydrogen-bond donors (Lipinski definition) is 1. The van der Waals surface area contributed by atoms with Gasteiger partial charge < -0.3 is 9.84 Å². The molecule has 13 heavy (non-hydrogen) atoms. The lowest BCUT2D eigenvalue weighted by molar-refractivity contribution is -0.131. The van der Waals surface area contributed by atoms with E-state index in [0.29, 0.717) is 5.92 Å². The van der Waals surface area contributed by atoms with Crippen molar-refractivity contribution in [2.75, 3.05) is 0 Å². The molecule has 2 unspecified atom stereocenters. The number of rotatable bonds is 2. The van der Waals surface area contributed by atoms with E-state index in [1.54, 1.807) is 6.08 Å². The van der Waals surface area contributed by atoms with Crippen LogP contribution in [0.1, 0.15) is 26.7 Å². The number of ether oxygens (including phenoxy) is 1. The molecule has 0 bridgehead atoms. The van der Waals surface area contributed by atoms with Crippen molar-refractivity contribution in [2.45, 2.75) is 38.9 Å². The van der Waals surface area contributed by atoms with E-state index in [1.165, 1.54) is 6.08 Å². The highest BCUT2D eigenvalue weighted by Crippen LogP contribution is 2.25. The predicted octanol–water partition coefficient (Wildman–Crippen LogP) is 1.83. The third kappa shape index (κ3) is 3.59. The molecular formula is C10H16O3. The van der Waals surface area contributed by atoms with Crippen molar-refractivity contribution < 1.29 is 14.6 Å². The quantitative estimate of drug-likeness (QED) is 0.666. The third-order valence-electron chi connectivity index (χ3n) is 2.24. The van der Waals surface area contributed by atoms with Crippen molar-refractivity contribution in [1.29, 1.82) is 0 Å². The lowest BCUT2D eigenvalue weighted by Crippen LogP contribution is -2.28. The fourth-order valence-electron chi connectivity index (χ4n) is 1.83. The second-order valence-corrected chi connectivity index (χ2v) is 3.69. The van der Waals surface area contributed by atoms with Crippen LogP contribution in [0, 0.1) is 5.92 Å². The molecule has 3 atom stereocenters. The number of carbonyl (C=O) groups is 1. The largest absolute Gasteiger partial charge is 0.478 e. The van der Waals surface area contributed by atoms with Gasteiger partial charge in [0.1, 0.15) is 0 Å². The van der Waals surface area contributed by atoms with Gasteiger partial charge in [0.15, 0.2) is 0 Å². The van der Waals surface area contributed by atoms with Crippen LogP contribution in [0.5, 0.6) is 0 Å². The van der Waals surface area contributed by atoms with E-state index < -0.39 is 5.97 Å². The first-order chi connectivity index (χ1) is 6.08. The highest BCUT2D eigenvalue weighted by atomic mass is 16.5. The summed E-state index contributed by atoms with van der Waals surface area (Å²) in [6.07, 6.45) is 5.34. The molecule has 0 aromatic rings. The van der Waals surface area contributed by atoms with Crippen LogP contribution in [0.15, 0.2) is 12.2 Å². The Bertz CT molecular complexity index is 200. The molecule has 0 aliphatic carbocycles. The van der Waals surface area contributed by atoms with Gasteiger partial charge in [-0.05, 0) is 32.6 Å². The predicted molar refractivity (Wildman–Crippen MR) is 49.5 cm³/mol. The molecule has 74 valence electrons. The summed E-state index contributed by atoms with van der Waals surface area (Å²) in [5, 5.41) is 8.46. The van der Waals surface area contributed by atoms with Crippen LogP contribution in [0.3, 0.4) is 0 Å². The minimum absolute atomic E-state index is 0.243. The first kappa shape index (κ1) is 10.3. The van der Waals surface area contributed by atoms with Crippen molar-refractivity contribution in [2.24, 2.45) is 5.92 Å². The SMILES string of the molecule is CC1CC(/C=C/C(=O)O)C[C@H](C)O1. The first-order valence-electron chi connectivity index (χ1n) is 4.64. The van der Waals surface area contributed by atoms with Crippen LogP contribution in [-0.2, 0) is 9.53 Å². The van der Waals surface area contributed by atoms with Gasteiger partial charge in [-0.2, -0.15) is 0 Å². The molecule has 3 heteroatoms. The average molecular weight is 184 g/mol. The molecule has 3 nitrogen and oxygen atoms in total. The molecule has 0 amide bonds. The maximum Gasteiger partial charge on any atom is 0.327 e. The van der Waals surface area contributed by atoms with Crippen molar-refractivity contribution in [3.63, 3.8) is 0 Å². The van der Waals surface area contributed by atoms with E-state index >= 15 is 0 Å². The molecule has 0 aromatic carbocycles. The van der Waals surface area contributed by atoms with Gasteiger partial charge >= 0.3 is 5.97 Å². The molecular weight excluding hydrogens is 168 g/mol. The minimum Gasteiger partial charge on any atom is -0.478 e. The smallest absolute Gasteiger partial charge is 0.327 e. The maximum atomic E-state index is 10.3. The first-order valence-corrected chi connectivity index (χ1v) is 4.64. The monoisotopic (exact) mass is 184 g/mol. The molecule has 0 saturated carbocycles. The molecule has 1 aliphatic rings. The van der Waals surface area contributed by atoms with Crippen LogP contribution in [0.4, 0.5) is 0 Å². The Kier molecular flexibility index (Phi) is 3.48. The Morgan fingerprint density at radius 2 is 1.92 bits per heavy atom. The lowest BCUT2D eigenvalue weighted by Gasteiger charge is -2.30.